The smallest absolute Gasteiger partial charge is 0.227 e. The Balaban J connectivity index is 1.08. The minimum Gasteiger partial charge on any atom is -0.456 e. The number of rotatable bonds is 7. The number of oxazole rings is 1. The van der Waals surface area contributed by atoms with E-state index in [-0.39, 0.29) is 0 Å². The number of aromatic nitrogens is 1. The second-order valence-electron chi connectivity index (χ2n) is 13.2. The van der Waals surface area contributed by atoms with E-state index < -0.39 is 0 Å². The summed E-state index contributed by atoms with van der Waals surface area (Å²) in [6.45, 7) is 0. The van der Waals surface area contributed by atoms with Crippen LogP contribution in [-0.4, -0.2) is 4.98 Å². The van der Waals surface area contributed by atoms with Crippen LogP contribution in [-0.2, 0) is 0 Å². The van der Waals surface area contributed by atoms with Crippen molar-refractivity contribution in [2.45, 2.75) is 0 Å². The molecule has 0 unspecified atom stereocenters. The number of furan rings is 1. The highest BCUT2D eigenvalue weighted by molar-refractivity contribution is 6.19. The van der Waals surface area contributed by atoms with Crippen molar-refractivity contribution in [2.75, 3.05) is 4.90 Å². The number of para-hydroxylation sites is 2. The Kier molecular flexibility index (Phi) is 7.43. The molecular weight excluding hydrogens is 649 g/mol. The first-order valence-electron chi connectivity index (χ1n) is 17.8. The van der Waals surface area contributed by atoms with E-state index in [0.717, 1.165) is 72.4 Å². The quantitative estimate of drug-likeness (QED) is 0.168. The van der Waals surface area contributed by atoms with E-state index >= 15 is 0 Å². The highest BCUT2D eigenvalue weighted by Crippen LogP contribution is 2.44. The predicted octanol–water partition coefficient (Wildman–Crippen LogP) is 13.9. The molecule has 4 nitrogen and oxygen atoms in total. The summed E-state index contributed by atoms with van der Waals surface area (Å²) in [6.07, 6.45) is 0. The second-order valence-corrected chi connectivity index (χ2v) is 13.2. The van der Waals surface area contributed by atoms with Crippen LogP contribution in [0.1, 0.15) is 0 Å². The van der Waals surface area contributed by atoms with Gasteiger partial charge in [-0.15, -0.1) is 0 Å². The van der Waals surface area contributed by atoms with Crippen molar-refractivity contribution in [1.29, 1.82) is 0 Å². The van der Waals surface area contributed by atoms with Crippen LogP contribution in [0.4, 0.5) is 17.1 Å². The van der Waals surface area contributed by atoms with E-state index in [0.29, 0.717) is 5.89 Å². The van der Waals surface area contributed by atoms with Gasteiger partial charge in [-0.2, -0.15) is 0 Å². The monoisotopic (exact) mass is 680 g/mol. The summed E-state index contributed by atoms with van der Waals surface area (Å²) in [6, 6.07) is 67.5. The van der Waals surface area contributed by atoms with Crippen LogP contribution in [0.2, 0.25) is 0 Å². The van der Waals surface area contributed by atoms with Crippen molar-refractivity contribution in [1.82, 2.24) is 4.98 Å². The molecule has 2 heterocycles. The van der Waals surface area contributed by atoms with Gasteiger partial charge < -0.3 is 13.7 Å². The Morgan fingerprint density at radius 1 is 0.377 bits per heavy atom. The van der Waals surface area contributed by atoms with Crippen molar-refractivity contribution < 1.29 is 8.83 Å². The zero-order chi connectivity index (χ0) is 35.1. The predicted molar refractivity (Wildman–Crippen MR) is 218 cm³/mol. The molecule has 0 aliphatic rings. The minimum atomic E-state index is 0.584. The molecule has 0 spiro atoms. The molecule has 250 valence electrons. The average molecular weight is 681 g/mol. The lowest BCUT2D eigenvalue weighted by atomic mass is 9.97. The third-order valence-electron chi connectivity index (χ3n) is 9.90. The van der Waals surface area contributed by atoms with E-state index in [4.69, 9.17) is 13.8 Å². The second kappa shape index (κ2) is 12.9. The van der Waals surface area contributed by atoms with Gasteiger partial charge in [0.05, 0.1) is 0 Å². The van der Waals surface area contributed by atoms with E-state index in [1.54, 1.807) is 0 Å². The lowest BCUT2D eigenvalue weighted by Crippen LogP contribution is -2.09. The fourth-order valence-electron chi connectivity index (χ4n) is 7.36. The van der Waals surface area contributed by atoms with Crippen LogP contribution in [0.15, 0.2) is 203 Å². The molecule has 0 bridgehead atoms. The number of hydrogen-bond acceptors (Lipinski definition) is 4. The van der Waals surface area contributed by atoms with Crippen molar-refractivity contribution >= 4 is 50.1 Å². The van der Waals surface area contributed by atoms with Gasteiger partial charge in [0.15, 0.2) is 5.58 Å². The lowest BCUT2D eigenvalue weighted by Gasteiger charge is -2.26. The first-order chi connectivity index (χ1) is 26.3. The molecule has 10 aromatic rings. The Morgan fingerprint density at radius 2 is 0.925 bits per heavy atom. The molecule has 10 rings (SSSR count). The standard InChI is InChI=1S/C49H32N2O2/c1-4-13-33(14-5-1)34-23-25-35(26-24-34)38-17-12-20-41(31-38)51(39-18-8-3-9-19-39)40-29-27-36(28-30-40)46-47-42-21-10-11-22-44(42)52-45(47)32-43-48(46)53-49(50-43)37-15-6-2-7-16-37/h1-32H. The highest BCUT2D eigenvalue weighted by atomic mass is 16.4. The molecular formula is C49H32N2O2. The molecule has 4 heteroatoms. The molecule has 0 radical (unpaired) electrons. The maximum absolute atomic E-state index is 6.61. The molecule has 8 aromatic carbocycles. The number of benzene rings is 8. The molecule has 0 aliphatic carbocycles. The summed E-state index contributed by atoms with van der Waals surface area (Å²) in [7, 11) is 0. The van der Waals surface area contributed by atoms with Crippen molar-refractivity contribution in [3.8, 4) is 44.8 Å². The summed E-state index contributed by atoms with van der Waals surface area (Å²) in [4.78, 5) is 7.24. The molecule has 0 fully saturated rings. The van der Waals surface area contributed by atoms with Crippen molar-refractivity contribution in [2.24, 2.45) is 0 Å². The molecule has 0 atom stereocenters. The number of hydrogen-bond donors (Lipinski definition) is 0. The molecule has 0 saturated heterocycles. The summed E-state index contributed by atoms with van der Waals surface area (Å²) < 4.78 is 13.0. The Bertz CT molecular complexity index is 2860. The number of fused-ring (bicyclic) bond motifs is 4. The summed E-state index contributed by atoms with van der Waals surface area (Å²) >= 11 is 0. The largest absolute Gasteiger partial charge is 0.456 e. The number of anilines is 3. The van der Waals surface area contributed by atoms with E-state index in [1.165, 1.54) is 16.7 Å². The van der Waals surface area contributed by atoms with Gasteiger partial charge in [-0.1, -0.05) is 133 Å². The van der Waals surface area contributed by atoms with E-state index in [1.807, 2.05) is 60.7 Å². The van der Waals surface area contributed by atoms with Gasteiger partial charge in [0.2, 0.25) is 5.89 Å². The van der Waals surface area contributed by atoms with Crippen LogP contribution in [0, 0.1) is 0 Å². The molecule has 0 aliphatic heterocycles. The third-order valence-corrected chi connectivity index (χ3v) is 9.90. The average Bonchev–Trinajstić information content (AvgIpc) is 3.83. The summed E-state index contributed by atoms with van der Waals surface area (Å²) in [5.41, 5.74) is 14.0. The zero-order valence-electron chi connectivity index (χ0n) is 28.7. The minimum absolute atomic E-state index is 0.584. The SMILES string of the molecule is c1ccc(-c2ccc(-c3cccc(N(c4ccccc4)c4ccc(-c5c6oc(-c7ccccc7)nc6cc6oc7ccccc7c56)cc4)c3)cc2)cc1. The maximum Gasteiger partial charge on any atom is 0.227 e. The molecule has 0 N–H and O–H groups in total. The van der Waals surface area contributed by atoms with Gasteiger partial charge in [-0.05, 0) is 82.4 Å². The first kappa shape index (κ1) is 30.6. The number of nitrogens with zero attached hydrogens (tertiary/aromatic N) is 2. The molecule has 0 amide bonds. The van der Waals surface area contributed by atoms with Gasteiger partial charge >= 0.3 is 0 Å². The van der Waals surface area contributed by atoms with Crippen LogP contribution in [0.5, 0.6) is 0 Å². The zero-order valence-corrected chi connectivity index (χ0v) is 28.7. The van der Waals surface area contributed by atoms with Gasteiger partial charge in [0, 0.05) is 45.0 Å². The lowest BCUT2D eigenvalue weighted by molar-refractivity contribution is 0.621. The Labute approximate surface area is 306 Å². The Morgan fingerprint density at radius 3 is 1.66 bits per heavy atom. The molecule has 2 aromatic heterocycles. The van der Waals surface area contributed by atoms with E-state index in [2.05, 4.69) is 138 Å². The topological polar surface area (TPSA) is 42.4 Å². The van der Waals surface area contributed by atoms with Crippen LogP contribution in [0.25, 0.3) is 77.9 Å². The Hall–Kier alpha value is -7.17. The normalized spacial score (nSPS) is 11.4. The van der Waals surface area contributed by atoms with Crippen molar-refractivity contribution in [3.05, 3.63) is 194 Å². The van der Waals surface area contributed by atoms with Gasteiger partial charge in [0.25, 0.3) is 0 Å². The third kappa shape index (κ3) is 5.54. The van der Waals surface area contributed by atoms with E-state index in [9.17, 15) is 0 Å². The summed E-state index contributed by atoms with van der Waals surface area (Å²) in [5.74, 6) is 0.584. The maximum atomic E-state index is 6.61. The highest BCUT2D eigenvalue weighted by Gasteiger charge is 2.22. The van der Waals surface area contributed by atoms with Crippen LogP contribution in [0.3, 0.4) is 0 Å². The van der Waals surface area contributed by atoms with Gasteiger partial charge in [0.1, 0.15) is 16.7 Å². The fourth-order valence-corrected chi connectivity index (χ4v) is 7.36. The summed E-state index contributed by atoms with van der Waals surface area (Å²) in [5, 5.41) is 2.06. The first-order valence-corrected chi connectivity index (χ1v) is 17.8. The molecule has 53 heavy (non-hydrogen) atoms. The van der Waals surface area contributed by atoms with Crippen molar-refractivity contribution in [3.63, 3.8) is 0 Å². The van der Waals surface area contributed by atoms with Gasteiger partial charge in [-0.25, -0.2) is 4.98 Å². The van der Waals surface area contributed by atoms with Gasteiger partial charge in [-0.3, -0.25) is 0 Å². The molecule has 0 saturated carbocycles. The van der Waals surface area contributed by atoms with Crippen LogP contribution < -0.4 is 4.90 Å². The van der Waals surface area contributed by atoms with Crippen LogP contribution >= 0.6 is 0 Å². The fraction of sp³-hybridized carbons (Fsp3) is 0.